The number of amides is 1. The Morgan fingerprint density at radius 3 is 2.67 bits per heavy atom. The number of H-pyrrole nitrogens is 1. The predicted octanol–water partition coefficient (Wildman–Crippen LogP) is 4.14. The third kappa shape index (κ3) is 3.16. The number of para-hydroxylation sites is 1. The van der Waals surface area contributed by atoms with Gasteiger partial charge in [0.05, 0.1) is 19.8 Å². The molecule has 0 saturated heterocycles. The van der Waals surface area contributed by atoms with Crippen LogP contribution in [-0.4, -0.2) is 46.4 Å². The van der Waals surface area contributed by atoms with Gasteiger partial charge in [-0.1, -0.05) is 25.1 Å². The smallest absolute Gasteiger partial charge is 0.273 e. The number of hydrogen-bond donors (Lipinski definition) is 2. The molecule has 0 saturated carbocycles. The van der Waals surface area contributed by atoms with Gasteiger partial charge in [-0.3, -0.25) is 9.89 Å². The van der Waals surface area contributed by atoms with Crippen LogP contribution in [0.3, 0.4) is 0 Å². The summed E-state index contributed by atoms with van der Waals surface area (Å²) in [5.74, 6) is 1.29. The molecule has 1 aliphatic heterocycles. The molecule has 30 heavy (non-hydrogen) atoms. The third-order valence-corrected chi connectivity index (χ3v) is 5.29. The highest BCUT2D eigenvalue weighted by molar-refractivity contribution is 6.00. The van der Waals surface area contributed by atoms with Crippen LogP contribution in [-0.2, 0) is 0 Å². The first-order chi connectivity index (χ1) is 14.6. The van der Waals surface area contributed by atoms with Gasteiger partial charge in [-0.2, -0.15) is 5.10 Å². The summed E-state index contributed by atoms with van der Waals surface area (Å²) in [5.41, 5.74) is 3.28. The topological polar surface area (TPSA) is 87.7 Å². The van der Waals surface area contributed by atoms with Crippen molar-refractivity contribution in [3.8, 4) is 28.5 Å². The lowest BCUT2D eigenvalue weighted by atomic mass is 9.95. The van der Waals surface area contributed by atoms with E-state index >= 15 is 0 Å². The maximum atomic E-state index is 13.2. The number of methoxy groups -OCH3 is 1. The molecule has 156 valence electrons. The van der Waals surface area contributed by atoms with Gasteiger partial charge in [0.15, 0.2) is 11.5 Å². The SMILES string of the molecule is CCCN1C(=O)c2[nH]nc(-c3ccccc3O)c2[C@@H]1c1ccc(OCC)c(OC)c1. The molecular weight excluding hydrogens is 382 g/mol. The Balaban J connectivity index is 1.88. The molecule has 1 amide bonds. The van der Waals surface area contributed by atoms with Gasteiger partial charge in [0.25, 0.3) is 5.91 Å². The van der Waals surface area contributed by atoms with E-state index in [0.717, 1.165) is 17.5 Å². The fourth-order valence-corrected chi connectivity index (χ4v) is 4.02. The number of aromatic nitrogens is 2. The molecule has 0 unspecified atom stereocenters. The Labute approximate surface area is 175 Å². The van der Waals surface area contributed by atoms with Gasteiger partial charge < -0.3 is 19.5 Å². The molecule has 2 aromatic carbocycles. The number of benzene rings is 2. The lowest BCUT2D eigenvalue weighted by Crippen LogP contribution is -2.30. The number of hydrogen-bond acceptors (Lipinski definition) is 5. The fraction of sp³-hybridized carbons (Fsp3) is 0.304. The number of nitrogens with one attached hydrogen (secondary N) is 1. The number of carbonyl (C=O) groups is 1. The first-order valence-corrected chi connectivity index (χ1v) is 10.1. The maximum absolute atomic E-state index is 13.2. The van der Waals surface area contributed by atoms with Crippen LogP contribution in [0.4, 0.5) is 0 Å². The Kier molecular flexibility index (Phi) is 5.35. The van der Waals surface area contributed by atoms with Crippen molar-refractivity contribution in [1.29, 1.82) is 0 Å². The minimum absolute atomic E-state index is 0.0983. The van der Waals surface area contributed by atoms with Crippen LogP contribution in [0.1, 0.15) is 47.9 Å². The Bertz CT molecular complexity index is 1080. The van der Waals surface area contributed by atoms with E-state index in [1.807, 2.05) is 43.0 Å². The highest BCUT2D eigenvalue weighted by Crippen LogP contribution is 2.45. The summed E-state index contributed by atoms with van der Waals surface area (Å²) >= 11 is 0. The zero-order valence-electron chi connectivity index (χ0n) is 17.3. The van der Waals surface area contributed by atoms with E-state index in [1.165, 1.54) is 0 Å². The molecule has 4 rings (SSSR count). The Morgan fingerprint density at radius 2 is 1.97 bits per heavy atom. The fourth-order valence-electron chi connectivity index (χ4n) is 4.02. The Morgan fingerprint density at radius 1 is 1.17 bits per heavy atom. The quantitative estimate of drug-likeness (QED) is 0.614. The van der Waals surface area contributed by atoms with E-state index in [4.69, 9.17) is 9.47 Å². The monoisotopic (exact) mass is 407 g/mol. The lowest BCUT2D eigenvalue weighted by Gasteiger charge is -2.26. The summed E-state index contributed by atoms with van der Waals surface area (Å²) in [7, 11) is 1.60. The van der Waals surface area contributed by atoms with E-state index in [0.29, 0.717) is 41.6 Å². The van der Waals surface area contributed by atoms with Gasteiger partial charge >= 0.3 is 0 Å². The van der Waals surface area contributed by atoms with Crippen molar-refractivity contribution in [3.63, 3.8) is 0 Å². The summed E-state index contributed by atoms with van der Waals surface area (Å²) in [6, 6.07) is 12.4. The van der Waals surface area contributed by atoms with Crippen LogP contribution >= 0.6 is 0 Å². The van der Waals surface area contributed by atoms with Gasteiger partial charge in [0.2, 0.25) is 0 Å². The third-order valence-electron chi connectivity index (χ3n) is 5.29. The van der Waals surface area contributed by atoms with Gasteiger partial charge in [-0.05, 0) is 43.2 Å². The molecule has 1 atom stereocenters. The Hall–Kier alpha value is -3.48. The molecule has 2 N–H and O–H groups in total. The number of nitrogens with zero attached hydrogens (tertiary/aromatic N) is 2. The van der Waals surface area contributed by atoms with E-state index < -0.39 is 0 Å². The standard InChI is InChI=1S/C23H25N3O4/c1-4-12-26-22(14-10-11-17(30-5-2)18(13-14)29-3)19-20(24-25-21(19)23(26)28)15-8-6-7-9-16(15)27/h6-11,13,22,27H,4-5,12H2,1-3H3,(H,24,25)/t22-/m0/s1. The molecule has 0 bridgehead atoms. The van der Waals surface area contributed by atoms with Crippen molar-refractivity contribution < 1.29 is 19.4 Å². The van der Waals surface area contributed by atoms with Crippen molar-refractivity contribution in [1.82, 2.24) is 15.1 Å². The van der Waals surface area contributed by atoms with Crippen LogP contribution in [0.5, 0.6) is 17.2 Å². The van der Waals surface area contributed by atoms with Crippen molar-refractivity contribution in [2.75, 3.05) is 20.3 Å². The average molecular weight is 407 g/mol. The van der Waals surface area contributed by atoms with E-state index in [-0.39, 0.29) is 17.7 Å². The molecule has 0 fully saturated rings. The van der Waals surface area contributed by atoms with E-state index in [1.54, 1.807) is 25.3 Å². The molecule has 3 aromatic rings. The highest BCUT2D eigenvalue weighted by Gasteiger charge is 2.42. The van der Waals surface area contributed by atoms with Crippen molar-refractivity contribution in [2.45, 2.75) is 26.3 Å². The summed E-state index contributed by atoms with van der Waals surface area (Å²) in [6.07, 6.45) is 0.819. The minimum atomic E-state index is -0.342. The number of aromatic amines is 1. The maximum Gasteiger partial charge on any atom is 0.273 e. The van der Waals surface area contributed by atoms with Crippen molar-refractivity contribution >= 4 is 5.91 Å². The number of ether oxygens (including phenoxy) is 2. The largest absolute Gasteiger partial charge is 0.507 e. The number of rotatable bonds is 7. The first kappa shape index (κ1) is 19.8. The summed E-state index contributed by atoms with van der Waals surface area (Å²) in [4.78, 5) is 15.0. The normalized spacial score (nSPS) is 15.4. The van der Waals surface area contributed by atoms with Crippen LogP contribution in [0.25, 0.3) is 11.3 Å². The number of aromatic hydroxyl groups is 1. The average Bonchev–Trinajstić information content (AvgIpc) is 3.29. The molecule has 1 aromatic heterocycles. The summed E-state index contributed by atoms with van der Waals surface area (Å²) < 4.78 is 11.2. The number of phenolic OH excluding ortho intramolecular Hbond substituents is 1. The van der Waals surface area contributed by atoms with Crippen LogP contribution in [0, 0.1) is 0 Å². The molecule has 7 heteroatoms. The van der Waals surface area contributed by atoms with Crippen LogP contribution < -0.4 is 9.47 Å². The zero-order valence-corrected chi connectivity index (χ0v) is 17.3. The highest BCUT2D eigenvalue weighted by atomic mass is 16.5. The molecule has 2 heterocycles. The van der Waals surface area contributed by atoms with Crippen LogP contribution in [0.15, 0.2) is 42.5 Å². The van der Waals surface area contributed by atoms with E-state index in [9.17, 15) is 9.90 Å². The number of phenols is 1. The van der Waals surface area contributed by atoms with Gasteiger partial charge in [0, 0.05) is 17.7 Å². The molecule has 0 radical (unpaired) electrons. The second-order valence-corrected chi connectivity index (χ2v) is 7.12. The van der Waals surface area contributed by atoms with Crippen molar-refractivity contribution in [2.24, 2.45) is 0 Å². The first-order valence-electron chi connectivity index (χ1n) is 10.1. The molecule has 0 aliphatic carbocycles. The lowest BCUT2D eigenvalue weighted by molar-refractivity contribution is 0.0743. The summed E-state index contributed by atoms with van der Waals surface area (Å²) in [5, 5.41) is 17.7. The molecule has 1 aliphatic rings. The molecular formula is C23H25N3O4. The predicted molar refractivity (Wildman–Crippen MR) is 113 cm³/mol. The van der Waals surface area contributed by atoms with Crippen LogP contribution in [0.2, 0.25) is 0 Å². The zero-order chi connectivity index (χ0) is 21.3. The minimum Gasteiger partial charge on any atom is -0.507 e. The van der Waals surface area contributed by atoms with Gasteiger partial charge in [0.1, 0.15) is 17.1 Å². The second kappa shape index (κ2) is 8.10. The number of fused-ring (bicyclic) bond motifs is 1. The van der Waals surface area contributed by atoms with E-state index in [2.05, 4.69) is 10.2 Å². The van der Waals surface area contributed by atoms with Crippen molar-refractivity contribution in [3.05, 3.63) is 59.3 Å². The van der Waals surface area contributed by atoms with Gasteiger partial charge in [-0.15, -0.1) is 0 Å². The van der Waals surface area contributed by atoms with Gasteiger partial charge in [-0.25, -0.2) is 0 Å². The second-order valence-electron chi connectivity index (χ2n) is 7.12. The summed E-state index contributed by atoms with van der Waals surface area (Å²) in [6.45, 7) is 5.09. The number of carbonyl (C=O) groups excluding carboxylic acids is 1. The molecule has 0 spiro atoms. The molecule has 7 nitrogen and oxygen atoms in total.